The Bertz CT molecular complexity index is 359. The van der Waals surface area contributed by atoms with Crippen molar-refractivity contribution in [3.63, 3.8) is 0 Å². The molecule has 0 bridgehead atoms. The first-order chi connectivity index (χ1) is 7.68. The van der Waals surface area contributed by atoms with Gasteiger partial charge in [0.25, 0.3) is 0 Å². The number of rotatable bonds is 2. The number of pyridine rings is 1. The monoisotopic (exact) mass is 223 g/mol. The minimum atomic E-state index is -0.712. The van der Waals surface area contributed by atoms with Gasteiger partial charge < -0.3 is 20.5 Å². The normalized spacial score (nSPS) is 24.2. The average molecular weight is 223 g/mol. The second-order valence-corrected chi connectivity index (χ2v) is 4.09. The average Bonchev–Trinajstić information content (AvgIpc) is 2.29. The van der Waals surface area contributed by atoms with E-state index >= 15 is 0 Å². The van der Waals surface area contributed by atoms with Crippen molar-refractivity contribution in [2.45, 2.75) is 12.2 Å². The lowest BCUT2D eigenvalue weighted by atomic mass is 10.0. The van der Waals surface area contributed by atoms with Crippen molar-refractivity contribution in [1.29, 1.82) is 0 Å². The van der Waals surface area contributed by atoms with Crippen LogP contribution in [0.1, 0.15) is 11.7 Å². The molecule has 1 aromatic heterocycles. The Kier molecular flexibility index (Phi) is 3.38. The summed E-state index contributed by atoms with van der Waals surface area (Å²) in [5.41, 5.74) is 6.36. The lowest BCUT2D eigenvalue weighted by Crippen LogP contribution is -2.43. The molecule has 2 unspecified atom stereocenters. The molecule has 0 spiro atoms. The molecule has 1 aromatic rings. The number of morpholine rings is 1. The Labute approximate surface area is 94.8 Å². The Morgan fingerprint density at radius 2 is 2.50 bits per heavy atom. The Balaban J connectivity index is 2.12. The van der Waals surface area contributed by atoms with Gasteiger partial charge in [0.2, 0.25) is 0 Å². The van der Waals surface area contributed by atoms with Gasteiger partial charge in [0.1, 0.15) is 18.0 Å². The maximum Gasteiger partial charge on any atom is 0.129 e. The number of nitrogens with zero attached hydrogens (tertiary/aromatic N) is 2. The van der Waals surface area contributed by atoms with Crippen LogP contribution in [0.2, 0.25) is 0 Å². The van der Waals surface area contributed by atoms with Crippen molar-refractivity contribution in [3.8, 4) is 0 Å². The second-order valence-electron chi connectivity index (χ2n) is 4.09. The third kappa shape index (κ3) is 2.32. The number of ether oxygens (including phenoxy) is 1. The van der Waals surface area contributed by atoms with Crippen LogP contribution in [0.15, 0.2) is 18.3 Å². The Morgan fingerprint density at radius 1 is 1.69 bits per heavy atom. The molecule has 0 aromatic carbocycles. The first-order valence-corrected chi connectivity index (χ1v) is 5.37. The smallest absolute Gasteiger partial charge is 0.129 e. The number of hydrogen-bond acceptors (Lipinski definition) is 5. The lowest BCUT2D eigenvalue weighted by molar-refractivity contribution is -0.0843. The quantitative estimate of drug-likeness (QED) is 0.740. The second kappa shape index (κ2) is 4.78. The van der Waals surface area contributed by atoms with E-state index in [1.165, 1.54) is 0 Å². The van der Waals surface area contributed by atoms with Gasteiger partial charge in [0.05, 0.1) is 6.61 Å². The van der Waals surface area contributed by atoms with Crippen molar-refractivity contribution in [2.75, 3.05) is 32.5 Å². The summed E-state index contributed by atoms with van der Waals surface area (Å²) in [6.07, 6.45) is 0.668. The third-order valence-corrected chi connectivity index (χ3v) is 2.84. The Morgan fingerprint density at radius 3 is 3.19 bits per heavy atom. The molecule has 1 fully saturated rings. The number of anilines is 1. The van der Waals surface area contributed by atoms with Crippen LogP contribution >= 0.6 is 0 Å². The van der Waals surface area contributed by atoms with Crippen LogP contribution in [0, 0.1) is 0 Å². The fourth-order valence-corrected chi connectivity index (χ4v) is 1.88. The molecule has 2 rings (SSSR count). The number of hydrogen-bond donors (Lipinski definition) is 2. The van der Waals surface area contributed by atoms with Crippen LogP contribution in [0.4, 0.5) is 5.82 Å². The van der Waals surface area contributed by atoms with Crippen molar-refractivity contribution in [2.24, 2.45) is 0 Å². The molecule has 1 saturated heterocycles. The summed E-state index contributed by atoms with van der Waals surface area (Å²) in [6.45, 7) is 2.24. The van der Waals surface area contributed by atoms with Crippen LogP contribution in [0.25, 0.3) is 0 Å². The van der Waals surface area contributed by atoms with Crippen molar-refractivity contribution in [1.82, 2.24) is 9.88 Å². The summed E-state index contributed by atoms with van der Waals surface area (Å²) in [7, 11) is 2.01. The van der Waals surface area contributed by atoms with Crippen LogP contribution in [-0.4, -0.2) is 47.8 Å². The van der Waals surface area contributed by atoms with E-state index in [2.05, 4.69) is 9.88 Å². The number of aliphatic hydroxyl groups is 1. The highest BCUT2D eigenvalue weighted by Crippen LogP contribution is 2.24. The molecule has 2 heterocycles. The van der Waals surface area contributed by atoms with E-state index in [9.17, 15) is 5.11 Å². The van der Waals surface area contributed by atoms with Gasteiger partial charge >= 0.3 is 0 Å². The third-order valence-electron chi connectivity index (χ3n) is 2.84. The minimum absolute atomic E-state index is 0.231. The van der Waals surface area contributed by atoms with E-state index in [4.69, 9.17) is 10.5 Å². The molecule has 0 aliphatic carbocycles. The number of aromatic nitrogens is 1. The number of likely N-dealkylation sites (N-methyl/N-ethyl adjacent to an activating group) is 1. The van der Waals surface area contributed by atoms with E-state index in [-0.39, 0.29) is 6.10 Å². The predicted molar refractivity (Wildman–Crippen MR) is 60.8 cm³/mol. The highest BCUT2D eigenvalue weighted by molar-refractivity contribution is 5.40. The van der Waals surface area contributed by atoms with Gasteiger partial charge in [0.15, 0.2) is 0 Å². The topological polar surface area (TPSA) is 71.6 Å². The number of nitrogen functional groups attached to an aromatic ring is 1. The largest absolute Gasteiger partial charge is 0.385 e. The Hall–Kier alpha value is -1.17. The number of aliphatic hydroxyl groups excluding tert-OH is 1. The zero-order valence-electron chi connectivity index (χ0n) is 9.34. The van der Waals surface area contributed by atoms with Crippen molar-refractivity contribution < 1.29 is 9.84 Å². The van der Waals surface area contributed by atoms with E-state index < -0.39 is 6.10 Å². The van der Waals surface area contributed by atoms with Gasteiger partial charge in [-0.1, -0.05) is 6.07 Å². The predicted octanol–water partition coefficient (Wildman–Crippen LogP) is 0.0278. The van der Waals surface area contributed by atoms with E-state index in [0.717, 1.165) is 6.54 Å². The summed E-state index contributed by atoms with van der Waals surface area (Å²) < 4.78 is 5.54. The highest BCUT2D eigenvalue weighted by Gasteiger charge is 2.27. The molecular weight excluding hydrogens is 206 g/mol. The molecule has 5 nitrogen and oxygen atoms in total. The van der Waals surface area contributed by atoms with Gasteiger partial charge in [-0.2, -0.15) is 0 Å². The van der Waals surface area contributed by atoms with Gasteiger partial charge in [0, 0.05) is 24.8 Å². The fraction of sp³-hybridized carbons (Fsp3) is 0.545. The molecule has 0 saturated carbocycles. The van der Waals surface area contributed by atoms with Crippen LogP contribution in [0.5, 0.6) is 0 Å². The minimum Gasteiger partial charge on any atom is -0.385 e. The lowest BCUT2D eigenvalue weighted by Gasteiger charge is -2.33. The standard InChI is InChI=1S/C11H17N3O2/c1-14-5-6-16-9(7-14)10(15)8-3-2-4-13-11(8)12/h2-4,9-10,15H,5-7H2,1H3,(H2,12,13). The fourth-order valence-electron chi connectivity index (χ4n) is 1.88. The summed E-state index contributed by atoms with van der Waals surface area (Å²) in [5, 5.41) is 10.2. The van der Waals surface area contributed by atoms with E-state index in [0.29, 0.717) is 24.5 Å². The van der Waals surface area contributed by atoms with Gasteiger partial charge in [-0.05, 0) is 13.1 Å². The first kappa shape index (κ1) is 11.3. The maximum atomic E-state index is 10.2. The van der Waals surface area contributed by atoms with Crippen LogP contribution < -0.4 is 5.73 Å². The molecular formula is C11H17N3O2. The van der Waals surface area contributed by atoms with E-state index in [1.807, 2.05) is 7.05 Å². The van der Waals surface area contributed by atoms with Crippen molar-refractivity contribution in [3.05, 3.63) is 23.9 Å². The zero-order chi connectivity index (χ0) is 11.5. The number of nitrogens with two attached hydrogens (primary N) is 1. The molecule has 5 heteroatoms. The van der Waals surface area contributed by atoms with Crippen LogP contribution in [0.3, 0.4) is 0 Å². The summed E-state index contributed by atoms with van der Waals surface area (Å²) in [4.78, 5) is 6.09. The summed E-state index contributed by atoms with van der Waals surface area (Å²) >= 11 is 0. The summed E-state index contributed by atoms with van der Waals surface area (Å²) in [6, 6.07) is 3.55. The molecule has 1 aliphatic rings. The molecule has 16 heavy (non-hydrogen) atoms. The van der Waals surface area contributed by atoms with Crippen LogP contribution in [-0.2, 0) is 4.74 Å². The molecule has 0 amide bonds. The van der Waals surface area contributed by atoms with E-state index in [1.54, 1.807) is 18.3 Å². The molecule has 2 atom stereocenters. The molecule has 88 valence electrons. The highest BCUT2D eigenvalue weighted by atomic mass is 16.5. The van der Waals surface area contributed by atoms with Gasteiger partial charge in [-0.3, -0.25) is 0 Å². The van der Waals surface area contributed by atoms with Gasteiger partial charge in [-0.25, -0.2) is 4.98 Å². The molecule has 0 radical (unpaired) electrons. The van der Waals surface area contributed by atoms with Crippen molar-refractivity contribution >= 4 is 5.82 Å². The maximum absolute atomic E-state index is 10.2. The SMILES string of the molecule is CN1CCOC(C(O)c2cccnc2N)C1. The first-order valence-electron chi connectivity index (χ1n) is 5.37. The summed E-state index contributed by atoms with van der Waals surface area (Å²) in [5.74, 6) is 0.367. The molecule has 3 N–H and O–H groups in total. The molecule has 1 aliphatic heterocycles. The van der Waals surface area contributed by atoms with Gasteiger partial charge in [-0.15, -0.1) is 0 Å². The zero-order valence-corrected chi connectivity index (χ0v) is 9.34.